The lowest BCUT2D eigenvalue weighted by atomic mass is 9.82. The molecule has 0 spiro atoms. The van der Waals surface area contributed by atoms with Crippen molar-refractivity contribution in [3.8, 4) is 5.75 Å². The highest BCUT2D eigenvalue weighted by Crippen LogP contribution is 2.48. The van der Waals surface area contributed by atoms with Gasteiger partial charge in [-0.3, -0.25) is 9.89 Å². The molecule has 2 fully saturated rings. The van der Waals surface area contributed by atoms with Crippen LogP contribution in [0.2, 0.25) is 0 Å². The van der Waals surface area contributed by atoms with E-state index in [1.807, 2.05) is 0 Å². The van der Waals surface area contributed by atoms with Crippen LogP contribution in [0.5, 0.6) is 5.75 Å². The Hall–Kier alpha value is -2.48. The molecule has 1 amide bonds. The van der Waals surface area contributed by atoms with Crippen molar-refractivity contribution in [2.24, 2.45) is 11.3 Å². The summed E-state index contributed by atoms with van der Waals surface area (Å²) >= 11 is 0. The first-order valence-electron chi connectivity index (χ1n) is 9.03. The predicted molar refractivity (Wildman–Crippen MR) is 92.0 cm³/mol. The zero-order valence-electron chi connectivity index (χ0n) is 14.8. The molecular weight excluding hydrogens is 356 g/mol. The van der Waals surface area contributed by atoms with E-state index in [4.69, 9.17) is 4.74 Å². The van der Waals surface area contributed by atoms with Crippen molar-refractivity contribution in [3.63, 3.8) is 0 Å². The minimum atomic E-state index is -0.788. The Labute approximate surface area is 155 Å². The van der Waals surface area contributed by atoms with Gasteiger partial charge in [0.1, 0.15) is 12.4 Å². The molecule has 1 saturated heterocycles. The van der Waals surface area contributed by atoms with Crippen molar-refractivity contribution in [3.05, 3.63) is 47.3 Å². The molecule has 1 aliphatic carbocycles. The Balaban J connectivity index is 1.40. The van der Waals surface area contributed by atoms with Crippen LogP contribution in [0.25, 0.3) is 0 Å². The zero-order chi connectivity index (χ0) is 19.0. The van der Waals surface area contributed by atoms with Crippen LogP contribution in [0.4, 0.5) is 8.78 Å². The summed E-state index contributed by atoms with van der Waals surface area (Å²) in [5, 5.41) is 16.5. The minimum absolute atomic E-state index is 0.0218. The smallest absolute Gasteiger partial charge is 0.274 e. The summed E-state index contributed by atoms with van der Waals surface area (Å²) < 4.78 is 31.8. The van der Waals surface area contributed by atoms with E-state index in [0.717, 1.165) is 31.4 Å². The highest BCUT2D eigenvalue weighted by molar-refractivity contribution is 5.92. The molecule has 0 bridgehead atoms. The van der Waals surface area contributed by atoms with Crippen LogP contribution >= 0.6 is 0 Å². The van der Waals surface area contributed by atoms with Crippen molar-refractivity contribution in [1.29, 1.82) is 0 Å². The number of benzene rings is 1. The van der Waals surface area contributed by atoms with Gasteiger partial charge in [-0.2, -0.15) is 5.10 Å². The number of nitrogens with zero attached hydrogens (tertiary/aromatic N) is 2. The molecule has 2 aliphatic rings. The van der Waals surface area contributed by atoms with Crippen molar-refractivity contribution in [1.82, 2.24) is 15.1 Å². The molecule has 144 valence electrons. The number of aromatic amines is 1. The van der Waals surface area contributed by atoms with E-state index < -0.39 is 11.6 Å². The molecule has 6 nitrogen and oxygen atoms in total. The van der Waals surface area contributed by atoms with Crippen molar-refractivity contribution < 1.29 is 23.4 Å². The molecule has 8 heteroatoms. The number of hydrogen-bond donors (Lipinski definition) is 2. The van der Waals surface area contributed by atoms with Gasteiger partial charge in [0.25, 0.3) is 5.91 Å². The number of aromatic nitrogens is 2. The predicted octanol–water partition coefficient (Wildman–Crippen LogP) is 2.50. The summed E-state index contributed by atoms with van der Waals surface area (Å²) in [5.74, 6) is -1.38. The summed E-state index contributed by atoms with van der Waals surface area (Å²) in [4.78, 5) is 14.5. The number of carbonyl (C=O) groups excluding carboxylic acids is 1. The first kappa shape index (κ1) is 17.9. The number of ether oxygens (including phenoxy) is 1. The van der Waals surface area contributed by atoms with Gasteiger partial charge in [0.15, 0.2) is 17.3 Å². The van der Waals surface area contributed by atoms with E-state index in [9.17, 15) is 18.7 Å². The van der Waals surface area contributed by atoms with E-state index in [1.165, 1.54) is 6.07 Å². The van der Waals surface area contributed by atoms with Crippen molar-refractivity contribution in [2.75, 3.05) is 19.7 Å². The van der Waals surface area contributed by atoms with Gasteiger partial charge in [-0.15, -0.1) is 0 Å². The topological polar surface area (TPSA) is 78.5 Å². The molecule has 2 atom stereocenters. The number of halogens is 2. The van der Waals surface area contributed by atoms with Gasteiger partial charge in [0, 0.05) is 24.6 Å². The van der Waals surface area contributed by atoms with Gasteiger partial charge in [-0.25, -0.2) is 8.78 Å². The summed E-state index contributed by atoms with van der Waals surface area (Å²) in [5.41, 5.74) is 0.609. The zero-order valence-corrected chi connectivity index (χ0v) is 14.8. The van der Waals surface area contributed by atoms with Crippen LogP contribution in [0.3, 0.4) is 0 Å². The highest BCUT2D eigenvalue weighted by Gasteiger charge is 2.50. The number of amides is 1. The SMILES string of the molecule is O=C(c1cc(COc2ccc(F)cc2F)[nH]n1)N1C[C@H]2CCC[C@@]2(CO)C1. The molecule has 1 aliphatic heterocycles. The van der Waals surface area contributed by atoms with E-state index in [-0.39, 0.29) is 36.0 Å². The van der Waals surface area contributed by atoms with Crippen molar-refractivity contribution >= 4 is 5.91 Å². The number of hydrogen-bond acceptors (Lipinski definition) is 4. The number of likely N-dealkylation sites (tertiary alicyclic amines) is 1. The van der Waals surface area contributed by atoms with Gasteiger partial charge in [-0.1, -0.05) is 6.42 Å². The second-order valence-corrected chi connectivity index (χ2v) is 7.44. The maximum absolute atomic E-state index is 13.6. The van der Waals surface area contributed by atoms with Crippen molar-refractivity contribution in [2.45, 2.75) is 25.9 Å². The van der Waals surface area contributed by atoms with Crippen LogP contribution in [-0.2, 0) is 6.61 Å². The number of nitrogens with one attached hydrogen (secondary N) is 1. The third kappa shape index (κ3) is 3.29. The fourth-order valence-corrected chi connectivity index (χ4v) is 4.28. The van der Waals surface area contributed by atoms with E-state index in [2.05, 4.69) is 10.2 Å². The molecule has 2 N–H and O–H groups in total. The summed E-state index contributed by atoms with van der Waals surface area (Å²) in [6, 6.07) is 4.65. The normalized spacial score (nSPS) is 24.3. The van der Waals surface area contributed by atoms with E-state index in [0.29, 0.717) is 24.7 Å². The second kappa shape index (κ2) is 6.92. The second-order valence-electron chi connectivity index (χ2n) is 7.44. The van der Waals surface area contributed by atoms with E-state index >= 15 is 0 Å². The molecular formula is C19H21F2N3O3. The van der Waals surface area contributed by atoms with Gasteiger partial charge >= 0.3 is 0 Å². The molecule has 0 unspecified atom stereocenters. The van der Waals surface area contributed by atoms with Gasteiger partial charge < -0.3 is 14.7 Å². The fourth-order valence-electron chi connectivity index (χ4n) is 4.28. The lowest BCUT2D eigenvalue weighted by Crippen LogP contribution is -2.34. The molecule has 2 aromatic rings. The van der Waals surface area contributed by atoms with Crippen LogP contribution in [0.15, 0.2) is 24.3 Å². The van der Waals surface area contributed by atoms with Gasteiger partial charge in [-0.05, 0) is 37.0 Å². The number of aliphatic hydroxyl groups is 1. The molecule has 1 saturated carbocycles. The van der Waals surface area contributed by atoms with Crippen LogP contribution < -0.4 is 4.74 Å². The molecule has 1 aromatic heterocycles. The molecule has 0 radical (unpaired) electrons. The highest BCUT2D eigenvalue weighted by atomic mass is 19.1. The summed E-state index contributed by atoms with van der Waals surface area (Å²) in [7, 11) is 0. The monoisotopic (exact) mass is 377 g/mol. The number of fused-ring (bicyclic) bond motifs is 1. The largest absolute Gasteiger partial charge is 0.484 e. The number of rotatable bonds is 5. The number of aliphatic hydroxyl groups excluding tert-OH is 1. The Kier molecular flexibility index (Phi) is 4.59. The molecule has 27 heavy (non-hydrogen) atoms. The third-order valence-electron chi connectivity index (χ3n) is 5.77. The van der Waals surface area contributed by atoms with Crippen LogP contribution in [0.1, 0.15) is 35.4 Å². The van der Waals surface area contributed by atoms with Crippen LogP contribution in [0, 0.1) is 23.0 Å². The number of H-pyrrole nitrogens is 1. The van der Waals surface area contributed by atoms with Gasteiger partial charge in [0.2, 0.25) is 0 Å². The lowest BCUT2D eigenvalue weighted by Gasteiger charge is -2.25. The Bertz CT molecular complexity index is 856. The standard InChI is InChI=1S/C19H21F2N3O3/c20-13-3-4-17(15(21)6-13)27-9-14-7-16(23-22-14)18(26)24-8-12-2-1-5-19(12,10-24)11-25/h3-4,6-7,12,25H,1-2,5,8-11H2,(H,22,23)/t12-,19+/m1/s1. The Morgan fingerprint density at radius 3 is 3.00 bits per heavy atom. The Morgan fingerprint density at radius 1 is 1.41 bits per heavy atom. The maximum atomic E-state index is 13.6. The molecule has 1 aromatic carbocycles. The van der Waals surface area contributed by atoms with Crippen LogP contribution in [-0.4, -0.2) is 45.8 Å². The maximum Gasteiger partial charge on any atom is 0.274 e. The minimum Gasteiger partial charge on any atom is -0.484 e. The first-order valence-corrected chi connectivity index (χ1v) is 9.03. The van der Waals surface area contributed by atoms with E-state index in [1.54, 1.807) is 11.0 Å². The summed E-state index contributed by atoms with van der Waals surface area (Å²) in [6.45, 7) is 1.27. The molecule has 4 rings (SSSR count). The fraction of sp³-hybridized carbons (Fsp3) is 0.474. The number of carbonyl (C=O) groups is 1. The average Bonchev–Trinajstić information content (AvgIpc) is 3.34. The van der Waals surface area contributed by atoms with Gasteiger partial charge in [0.05, 0.1) is 12.3 Å². The molecule has 2 heterocycles. The average molecular weight is 377 g/mol. The first-order chi connectivity index (χ1) is 13.0. The third-order valence-corrected chi connectivity index (χ3v) is 5.77. The lowest BCUT2D eigenvalue weighted by molar-refractivity contribution is 0.0729. The Morgan fingerprint density at radius 2 is 2.26 bits per heavy atom. The summed E-state index contributed by atoms with van der Waals surface area (Å²) in [6.07, 6.45) is 3.07. The quantitative estimate of drug-likeness (QED) is 0.839.